The Labute approximate surface area is 132 Å². The van der Waals surface area contributed by atoms with E-state index in [9.17, 15) is 14.7 Å². The zero-order chi connectivity index (χ0) is 15.8. The molecule has 3 nitrogen and oxygen atoms in total. The Bertz CT molecular complexity index is 541. The molecule has 22 heavy (non-hydrogen) atoms. The number of Topliss-reactive ketones (excluding diaryl/α,β-unsaturated/α-hetero) is 1. The van der Waals surface area contributed by atoms with Crippen LogP contribution in [0.3, 0.4) is 0 Å². The van der Waals surface area contributed by atoms with Crippen LogP contribution in [-0.4, -0.2) is 16.9 Å². The van der Waals surface area contributed by atoms with E-state index < -0.39 is 11.4 Å². The van der Waals surface area contributed by atoms with Crippen LogP contribution in [0.5, 0.6) is 0 Å². The summed E-state index contributed by atoms with van der Waals surface area (Å²) in [7, 11) is 0. The molecule has 4 rings (SSSR count). The van der Waals surface area contributed by atoms with Crippen molar-refractivity contribution in [2.75, 3.05) is 0 Å². The van der Waals surface area contributed by atoms with Gasteiger partial charge in [-0.25, -0.2) is 0 Å². The first-order chi connectivity index (χ1) is 10.3. The maximum atomic E-state index is 12.3. The van der Waals surface area contributed by atoms with Crippen molar-refractivity contribution in [3.05, 3.63) is 0 Å². The number of carboxylic acids is 1. The summed E-state index contributed by atoms with van der Waals surface area (Å²) >= 11 is 0. The molecule has 4 fully saturated rings. The number of rotatable bonds is 1. The van der Waals surface area contributed by atoms with Crippen molar-refractivity contribution in [2.24, 2.45) is 34.0 Å². The van der Waals surface area contributed by atoms with Crippen LogP contribution in [0.2, 0.25) is 0 Å². The lowest BCUT2D eigenvalue weighted by molar-refractivity contribution is -0.181. The number of carbonyl (C=O) groups is 2. The van der Waals surface area contributed by atoms with Crippen LogP contribution < -0.4 is 0 Å². The molecule has 0 radical (unpaired) electrons. The maximum Gasteiger partial charge on any atom is 0.309 e. The second-order valence-electron chi connectivity index (χ2n) is 9.21. The van der Waals surface area contributed by atoms with Crippen molar-refractivity contribution in [1.29, 1.82) is 0 Å². The summed E-state index contributed by atoms with van der Waals surface area (Å²) in [6.07, 6.45) is 9.20. The van der Waals surface area contributed by atoms with Crippen LogP contribution in [0.1, 0.15) is 71.6 Å². The molecule has 3 heteroatoms. The molecule has 122 valence electrons. The van der Waals surface area contributed by atoms with E-state index >= 15 is 0 Å². The molecular weight excluding hydrogens is 276 g/mol. The van der Waals surface area contributed by atoms with E-state index in [0.29, 0.717) is 17.6 Å². The van der Waals surface area contributed by atoms with Gasteiger partial charge in [0.2, 0.25) is 0 Å². The number of fused-ring (bicyclic) bond motifs is 3. The van der Waals surface area contributed by atoms with Gasteiger partial charge in [-0.05, 0) is 74.5 Å². The highest BCUT2D eigenvalue weighted by Gasteiger charge is 2.65. The van der Waals surface area contributed by atoms with Gasteiger partial charge in [0.25, 0.3) is 0 Å². The molecule has 4 aliphatic carbocycles. The molecule has 4 aliphatic rings. The first-order valence-corrected chi connectivity index (χ1v) is 9.08. The zero-order valence-corrected chi connectivity index (χ0v) is 13.9. The van der Waals surface area contributed by atoms with E-state index in [1.807, 2.05) is 6.92 Å². The normalized spacial score (nSPS) is 53.7. The van der Waals surface area contributed by atoms with Gasteiger partial charge >= 0.3 is 5.97 Å². The molecule has 0 amide bonds. The summed E-state index contributed by atoms with van der Waals surface area (Å²) in [5, 5.41) is 9.86. The van der Waals surface area contributed by atoms with Gasteiger partial charge in [0, 0.05) is 12.3 Å². The second kappa shape index (κ2) is 4.36. The Kier molecular flexibility index (Phi) is 2.92. The van der Waals surface area contributed by atoms with E-state index in [0.717, 1.165) is 57.8 Å². The van der Waals surface area contributed by atoms with Crippen LogP contribution in [-0.2, 0) is 9.59 Å². The average molecular weight is 304 g/mol. The summed E-state index contributed by atoms with van der Waals surface area (Å²) in [4.78, 5) is 24.3. The van der Waals surface area contributed by atoms with E-state index in [4.69, 9.17) is 0 Å². The zero-order valence-electron chi connectivity index (χ0n) is 13.9. The number of ketones is 1. The summed E-state index contributed by atoms with van der Waals surface area (Å²) in [6.45, 7) is 4.35. The number of hydrogen-bond donors (Lipinski definition) is 1. The number of carbonyl (C=O) groups excluding carboxylic acids is 1. The Morgan fingerprint density at radius 2 is 1.86 bits per heavy atom. The summed E-state index contributed by atoms with van der Waals surface area (Å²) in [6, 6.07) is 0. The summed E-state index contributed by atoms with van der Waals surface area (Å²) < 4.78 is 0. The molecule has 0 aromatic carbocycles. The Hall–Kier alpha value is -0.860. The summed E-state index contributed by atoms with van der Waals surface area (Å²) in [5.74, 6) is 1.08. The van der Waals surface area contributed by atoms with Gasteiger partial charge in [-0.1, -0.05) is 13.3 Å². The average Bonchev–Trinajstić information content (AvgIpc) is 2.68. The van der Waals surface area contributed by atoms with Crippen LogP contribution >= 0.6 is 0 Å². The van der Waals surface area contributed by atoms with Crippen LogP contribution in [0, 0.1) is 34.0 Å². The minimum absolute atomic E-state index is 0.124. The van der Waals surface area contributed by atoms with Gasteiger partial charge in [-0.15, -0.1) is 0 Å². The highest BCUT2D eigenvalue weighted by atomic mass is 16.4. The van der Waals surface area contributed by atoms with E-state index in [2.05, 4.69) is 6.92 Å². The molecule has 1 N–H and O–H groups in total. The van der Waals surface area contributed by atoms with Crippen molar-refractivity contribution in [3.63, 3.8) is 0 Å². The van der Waals surface area contributed by atoms with Gasteiger partial charge in [-0.2, -0.15) is 0 Å². The van der Waals surface area contributed by atoms with E-state index in [1.165, 1.54) is 0 Å². The van der Waals surface area contributed by atoms with E-state index in [-0.39, 0.29) is 16.7 Å². The third kappa shape index (κ3) is 1.63. The quantitative estimate of drug-likeness (QED) is 0.795. The lowest BCUT2D eigenvalue weighted by atomic mass is 9.41. The predicted octanol–water partition coefficient (Wildman–Crippen LogP) is 4.05. The lowest BCUT2D eigenvalue weighted by Crippen LogP contribution is -2.58. The number of carboxylic acid groups (broad SMARTS) is 1. The molecule has 0 aliphatic heterocycles. The van der Waals surface area contributed by atoms with Crippen molar-refractivity contribution < 1.29 is 14.7 Å². The van der Waals surface area contributed by atoms with Crippen LogP contribution in [0.15, 0.2) is 0 Å². The minimum atomic E-state index is -0.601. The molecule has 0 aromatic rings. The monoisotopic (exact) mass is 304 g/mol. The standard InChI is InChI=1S/C19H28O3/c1-17-7-3-8-18(2,16(21)22)14(17)6-9-19-10-12(13(20)11-19)4-5-15(17)19/h12,14-15H,3-11H2,1-2H3,(H,21,22)/t12-,14-,15-,17+,18+,19-/m0/s1. The van der Waals surface area contributed by atoms with Crippen LogP contribution in [0.4, 0.5) is 0 Å². The van der Waals surface area contributed by atoms with Gasteiger partial charge in [0.05, 0.1) is 5.41 Å². The Morgan fingerprint density at radius 1 is 1.09 bits per heavy atom. The Balaban J connectivity index is 1.75. The lowest BCUT2D eigenvalue weighted by Gasteiger charge is -2.63. The van der Waals surface area contributed by atoms with Gasteiger partial charge in [-0.3, -0.25) is 9.59 Å². The highest BCUT2D eigenvalue weighted by molar-refractivity contribution is 5.84. The number of hydrogen-bond acceptors (Lipinski definition) is 2. The van der Waals surface area contributed by atoms with Crippen molar-refractivity contribution in [3.8, 4) is 0 Å². The second-order valence-corrected chi connectivity index (χ2v) is 9.21. The smallest absolute Gasteiger partial charge is 0.309 e. The first kappa shape index (κ1) is 14.7. The Morgan fingerprint density at radius 3 is 2.59 bits per heavy atom. The molecule has 0 saturated heterocycles. The SMILES string of the molecule is C[C@@]12CCC[C@@](C)(C(=O)O)[C@H]1CC[C@]13CC(=O)[C@@H](CC[C@H]12)C3. The predicted molar refractivity (Wildman–Crippen MR) is 83.3 cm³/mol. The van der Waals surface area contributed by atoms with E-state index in [1.54, 1.807) is 0 Å². The number of aliphatic carboxylic acids is 1. The maximum absolute atomic E-state index is 12.3. The highest BCUT2D eigenvalue weighted by Crippen LogP contribution is 2.70. The van der Waals surface area contributed by atoms with Gasteiger partial charge in [0.15, 0.2) is 0 Å². The fourth-order valence-corrected chi connectivity index (χ4v) is 7.43. The molecule has 0 heterocycles. The summed E-state index contributed by atoms with van der Waals surface area (Å²) in [5.41, 5.74) is -0.213. The third-order valence-corrected chi connectivity index (χ3v) is 8.37. The molecule has 0 unspecified atom stereocenters. The molecule has 6 atom stereocenters. The molecule has 0 aromatic heterocycles. The largest absolute Gasteiger partial charge is 0.481 e. The van der Waals surface area contributed by atoms with Crippen molar-refractivity contribution in [2.45, 2.75) is 71.6 Å². The van der Waals surface area contributed by atoms with Gasteiger partial charge in [0.1, 0.15) is 5.78 Å². The fraction of sp³-hybridized carbons (Fsp3) is 0.895. The fourth-order valence-electron chi connectivity index (χ4n) is 7.43. The minimum Gasteiger partial charge on any atom is -0.481 e. The molecular formula is C19H28O3. The van der Waals surface area contributed by atoms with Crippen molar-refractivity contribution in [1.82, 2.24) is 0 Å². The third-order valence-electron chi connectivity index (χ3n) is 8.37. The topological polar surface area (TPSA) is 54.4 Å². The first-order valence-electron chi connectivity index (χ1n) is 9.08. The van der Waals surface area contributed by atoms with Crippen molar-refractivity contribution >= 4 is 11.8 Å². The molecule has 2 bridgehead atoms. The van der Waals surface area contributed by atoms with Gasteiger partial charge < -0.3 is 5.11 Å². The molecule has 4 saturated carbocycles. The van der Waals surface area contributed by atoms with Crippen LogP contribution in [0.25, 0.3) is 0 Å². The molecule has 1 spiro atoms.